The van der Waals surface area contributed by atoms with Crippen molar-refractivity contribution in [2.24, 2.45) is 0 Å². The Kier molecular flexibility index (Phi) is 4.25. The fraction of sp³-hybridized carbons (Fsp3) is 0.200. The molecule has 1 aliphatic rings. The van der Waals surface area contributed by atoms with Gasteiger partial charge in [-0.05, 0) is 24.3 Å². The van der Waals surface area contributed by atoms with Gasteiger partial charge in [-0.2, -0.15) is 4.98 Å². The van der Waals surface area contributed by atoms with Crippen LogP contribution in [0.25, 0.3) is 0 Å². The van der Waals surface area contributed by atoms with Gasteiger partial charge in [0, 0.05) is 18.8 Å². The number of nitrogens with zero attached hydrogens (tertiary/aromatic N) is 2. The summed E-state index contributed by atoms with van der Waals surface area (Å²) in [6, 6.07) is 5.89. The summed E-state index contributed by atoms with van der Waals surface area (Å²) in [4.78, 5) is 42.1. The van der Waals surface area contributed by atoms with Crippen LogP contribution in [0.5, 0.6) is 0 Å². The average molecular weight is 344 g/mol. The number of benzene rings is 1. The molecule has 0 radical (unpaired) electrons. The lowest BCUT2D eigenvalue weighted by Gasteiger charge is -2.34. The van der Waals surface area contributed by atoms with Crippen molar-refractivity contribution in [3.63, 3.8) is 0 Å². The van der Waals surface area contributed by atoms with E-state index in [0.717, 1.165) is 0 Å². The Hall–Kier alpha value is -3.56. The number of aromatic nitrogens is 2. The van der Waals surface area contributed by atoms with Crippen molar-refractivity contribution in [3.8, 4) is 0 Å². The highest BCUT2D eigenvalue weighted by Crippen LogP contribution is 2.25. The normalized spacial score (nSPS) is 15.8. The van der Waals surface area contributed by atoms with Gasteiger partial charge >= 0.3 is 5.97 Å². The molecule has 10 heteroatoms. The number of aromatic carboxylic acids is 1. The van der Waals surface area contributed by atoms with Gasteiger partial charge in [-0.1, -0.05) is 0 Å². The van der Waals surface area contributed by atoms with E-state index in [1.165, 1.54) is 17.0 Å². The third-order valence-corrected chi connectivity index (χ3v) is 3.86. The topological polar surface area (TPSA) is 153 Å². The molecule has 0 fully saturated rings. The number of fused-ring (bicyclic) bond motifs is 1. The van der Waals surface area contributed by atoms with Gasteiger partial charge in [-0.25, -0.2) is 4.79 Å². The van der Waals surface area contributed by atoms with Crippen molar-refractivity contribution in [3.05, 3.63) is 40.2 Å². The van der Waals surface area contributed by atoms with Gasteiger partial charge < -0.3 is 26.4 Å². The molecule has 6 N–H and O–H groups in total. The average Bonchev–Trinajstić information content (AvgIpc) is 2.59. The molecule has 0 saturated heterocycles. The van der Waals surface area contributed by atoms with Crippen LogP contribution in [0, 0.1) is 0 Å². The van der Waals surface area contributed by atoms with Crippen LogP contribution in [-0.2, 0) is 4.79 Å². The minimum absolute atomic E-state index is 0.0304. The summed E-state index contributed by atoms with van der Waals surface area (Å²) >= 11 is 0. The van der Waals surface area contributed by atoms with E-state index in [9.17, 15) is 14.4 Å². The van der Waals surface area contributed by atoms with E-state index in [1.807, 2.05) is 0 Å². The Morgan fingerprint density at radius 3 is 2.80 bits per heavy atom. The first-order valence-electron chi connectivity index (χ1n) is 7.44. The highest BCUT2D eigenvalue weighted by atomic mass is 16.4. The molecule has 1 unspecified atom stereocenters. The zero-order chi connectivity index (χ0) is 18.0. The van der Waals surface area contributed by atoms with Crippen LogP contribution < -0.4 is 26.8 Å². The molecule has 3 rings (SSSR count). The second-order valence-corrected chi connectivity index (χ2v) is 5.46. The fourth-order valence-corrected chi connectivity index (χ4v) is 2.62. The number of nitrogen functional groups attached to an aromatic ring is 1. The number of nitrogens with one attached hydrogen (secondary N) is 3. The number of rotatable bonds is 5. The van der Waals surface area contributed by atoms with Crippen LogP contribution in [-0.4, -0.2) is 46.6 Å². The molecule has 0 aliphatic carbocycles. The van der Waals surface area contributed by atoms with Gasteiger partial charge in [-0.15, -0.1) is 0 Å². The lowest BCUT2D eigenvalue weighted by atomic mass is 10.1. The largest absolute Gasteiger partial charge is 0.478 e. The van der Waals surface area contributed by atoms with Crippen LogP contribution in [0.3, 0.4) is 0 Å². The van der Waals surface area contributed by atoms with E-state index < -0.39 is 11.5 Å². The zero-order valence-corrected chi connectivity index (χ0v) is 13.0. The van der Waals surface area contributed by atoms with E-state index in [4.69, 9.17) is 10.8 Å². The smallest absolute Gasteiger partial charge is 0.335 e. The fourth-order valence-electron chi connectivity index (χ4n) is 2.62. The van der Waals surface area contributed by atoms with Gasteiger partial charge in [0.1, 0.15) is 0 Å². The van der Waals surface area contributed by atoms with E-state index >= 15 is 0 Å². The summed E-state index contributed by atoms with van der Waals surface area (Å²) in [5.74, 6) is -0.773. The van der Waals surface area contributed by atoms with Crippen molar-refractivity contribution in [1.29, 1.82) is 0 Å². The van der Waals surface area contributed by atoms with Crippen LogP contribution in [0.1, 0.15) is 10.4 Å². The van der Waals surface area contributed by atoms with Crippen molar-refractivity contribution >= 4 is 35.5 Å². The molecular formula is C15H16N6O4. The lowest BCUT2D eigenvalue weighted by molar-refractivity contribution is -0.107. The van der Waals surface area contributed by atoms with Crippen molar-refractivity contribution in [2.45, 2.75) is 6.04 Å². The molecule has 1 atom stereocenters. The molecule has 0 spiro atoms. The molecule has 2 heterocycles. The Morgan fingerprint density at radius 1 is 1.44 bits per heavy atom. The Balaban J connectivity index is 1.76. The molecule has 10 nitrogen and oxygen atoms in total. The zero-order valence-electron chi connectivity index (χ0n) is 13.0. The quantitative estimate of drug-likeness (QED) is 0.472. The number of carbonyl (C=O) groups excluding carboxylic acids is 1. The lowest BCUT2D eigenvalue weighted by Crippen LogP contribution is -2.50. The van der Waals surface area contributed by atoms with Crippen LogP contribution in [0.2, 0.25) is 0 Å². The number of amides is 1. The number of hydrogen-bond donors (Lipinski definition) is 5. The second kappa shape index (κ2) is 6.51. The molecular weight excluding hydrogens is 328 g/mol. The summed E-state index contributed by atoms with van der Waals surface area (Å²) in [6.45, 7) is 0.725. The number of H-pyrrole nitrogens is 1. The van der Waals surface area contributed by atoms with E-state index in [2.05, 4.69) is 20.6 Å². The summed E-state index contributed by atoms with van der Waals surface area (Å²) in [5.41, 5.74) is 6.00. The maximum Gasteiger partial charge on any atom is 0.335 e. The number of carbonyl (C=O) groups is 2. The summed E-state index contributed by atoms with van der Waals surface area (Å²) in [5, 5.41) is 15.0. The third-order valence-electron chi connectivity index (χ3n) is 3.86. The van der Waals surface area contributed by atoms with Crippen molar-refractivity contribution < 1.29 is 14.7 Å². The van der Waals surface area contributed by atoms with Gasteiger partial charge in [0.2, 0.25) is 12.4 Å². The van der Waals surface area contributed by atoms with Crippen LogP contribution in [0.15, 0.2) is 29.1 Å². The minimum Gasteiger partial charge on any atom is -0.478 e. The number of hydrogen-bond acceptors (Lipinski definition) is 7. The molecule has 130 valence electrons. The number of carboxylic acids is 1. The minimum atomic E-state index is -1.00. The highest BCUT2D eigenvalue weighted by molar-refractivity contribution is 5.88. The summed E-state index contributed by atoms with van der Waals surface area (Å²) in [7, 11) is 0. The maximum absolute atomic E-state index is 12.1. The molecule has 1 aliphatic heterocycles. The molecule has 1 aromatic carbocycles. The Bertz CT molecular complexity index is 863. The van der Waals surface area contributed by atoms with Crippen LogP contribution >= 0.6 is 0 Å². The molecule has 25 heavy (non-hydrogen) atoms. The summed E-state index contributed by atoms with van der Waals surface area (Å²) in [6.07, 6.45) is 0.576. The number of nitrogens with two attached hydrogens (primary N) is 1. The maximum atomic E-state index is 12.1. The predicted octanol–water partition coefficient (Wildman–Crippen LogP) is -0.0807. The molecule has 0 saturated carbocycles. The van der Waals surface area contributed by atoms with E-state index in [-0.39, 0.29) is 29.1 Å². The summed E-state index contributed by atoms with van der Waals surface area (Å²) < 4.78 is 0. The Labute approximate surface area is 141 Å². The first kappa shape index (κ1) is 16.3. The van der Waals surface area contributed by atoms with Gasteiger partial charge in [-0.3, -0.25) is 14.6 Å². The predicted molar refractivity (Wildman–Crippen MR) is 92.0 cm³/mol. The van der Waals surface area contributed by atoms with E-state index in [0.29, 0.717) is 25.2 Å². The number of aromatic amines is 1. The van der Waals surface area contributed by atoms with Crippen molar-refractivity contribution in [1.82, 2.24) is 9.97 Å². The molecule has 2 aromatic rings. The molecule has 1 amide bonds. The molecule has 1 aromatic heterocycles. The third kappa shape index (κ3) is 3.22. The molecule has 0 bridgehead atoms. The van der Waals surface area contributed by atoms with Gasteiger partial charge in [0.05, 0.1) is 11.6 Å². The number of anilines is 4. The van der Waals surface area contributed by atoms with Crippen molar-refractivity contribution in [2.75, 3.05) is 34.4 Å². The Morgan fingerprint density at radius 2 is 2.16 bits per heavy atom. The SMILES string of the molecule is Nc1nc2c(c(=O)[nH]1)N(C=O)C(CNc1ccc(C(=O)O)cc1)CN2. The van der Waals surface area contributed by atoms with Gasteiger partial charge in [0.15, 0.2) is 11.5 Å². The monoisotopic (exact) mass is 344 g/mol. The standard InChI is InChI=1S/C15H16N6O4/c16-15-19-12-11(13(23)20-15)21(7-22)10(6-18-12)5-17-9-3-1-8(2-4-9)14(24)25/h1-4,7,10,17H,5-6H2,(H,24,25)(H4,16,18,19,20,23). The van der Waals surface area contributed by atoms with E-state index in [1.54, 1.807) is 12.1 Å². The highest BCUT2D eigenvalue weighted by Gasteiger charge is 2.29. The first-order valence-corrected chi connectivity index (χ1v) is 7.44. The number of carboxylic acid groups (broad SMARTS) is 1. The second-order valence-electron chi connectivity index (χ2n) is 5.46. The van der Waals surface area contributed by atoms with Crippen LogP contribution in [0.4, 0.5) is 23.1 Å². The van der Waals surface area contributed by atoms with Gasteiger partial charge in [0.25, 0.3) is 5.56 Å². The first-order chi connectivity index (χ1) is 12.0.